The Bertz CT molecular complexity index is 530. The van der Waals surface area contributed by atoms with E-state index in [-0.39, 0.29) is 25.1 Å². The van der Waals surface area contributed by atoms with Gasteiger partial charge in [0, 0.05) is 19.1 Å². The van der Waals surface area contributed by atoms with Gasteiger partial charge >= 0.3 is 5.97 Å². The highest BCUT2D eigenvalue weighted by Crippen LogP contribution is 2.41. The van der Waals surface area contributed by atoms with E-state index in [2.05, 4.69) is 5.09 Å². The topological polar surface area (TPSA) is 95.9 Å². The lowest BCUT2D eigenvalue weighted by atomic mass is 10.0. The van der Waals surface area contributed by atoms with Gasteiger partial charge in [0.2, 0.25) is 0 Å². The molecule has 0 aliphatic carbocycles. The summed E-state index contributed by atoms with van der Waals surface area (Å²) in [6.07, 6.45) is 1.72. The summed E-state index contributed by atoms with van der Waals surface area (Å²) in [4.78, 5) is 21.0. The predicted molar refractivity (Wildman–Crippen MR) is 82.7 cm³/mol. The summed E-state index contributed by atoms with van der Waals surface area (Å²) in [6, 6.07) is 8.65. The van der Waals surface area contributed by atoms with Crippen LogP contribution in [0.25, 0.3) is 0 Å². The molecule has 0 aromatic heterocycles. The van der Waals surface area contributed by atoms with Crippen LogP contribution < -0.4 is 5.09 Å². The van der Waals surface area contributed by atoms with Gasteiger partial charge in [-0.05, 0) is 24.8 Å². The Hall–Kier alpha value is -1.20. The molecule has 2 rings (SSSR count). The molecular weight excluding hydrogens is 305 g/mol. The average molecular weight is 327 g/mol. The molecule has 1 heterocycles. The Morgan fingerprint density at radius 1 is 1.41 bits per heavy atom. The lowest BCUT2D eigenvalue weighted by molar-refractivity contribution is -0.137. The largest absolute Gasteiger partial charge is 0.481 e. The van der Waals surface area contributed by atoms with Crippen LogP contribution in [-0.4, -0.2) is 34.7 Å². The van der Waals surface area contributed by atoms with Crippen LogP contribution in [0, 0.1) is 0 Å². The van der Waals surface area contributed by atoms with Gasteiger partial charge in [0.05, 0.1) is 12.3 Å². The number of hydrogen-bond donors (Lipinski definition) is 3. The van der Waals surface area contributed by atoms with Crippen molar-refractivity contribution in [2.45, 2.75) is 44.0 Å². The summed E-state index contributed by atoms with van der Waals surface area (Å²) in [5.74, 6) is -0.916. The monoisotopic (exact) mass is 327 g/mol. The normalized spacial score (nSPS) is 22.1. The molecule has 0 radical (unpaired) electrons. The highest BCUT2D eigenvalue weighted by molar-refractivity contribution is 7.55. The first-order valence-corrected chi connectivity index (χ1v) is 9.28. The average Bonchev–Trinajstić information content (AvgIpc) is 2.98. The summed E-state index contributed by atoms with van der Waals surface area (Å²) in [5.41, 5.74) is 0.769. The van der Waals surface area contributed by atoms with Crippen LogP contribution >= 0.6 is 7.52 Å². The molecule has 3 atom stereocenters. The number of hydrogen-bond acceptors (Lipinski definition) is 3. The minimum absolute atomic E-state index is 0.0180. The number of carboxylic acid groups (broad SMARTS) is 1. The number of rotatable bonds is 8. The molecule has 3 unspecified atom stereocenters. The molecule has 0 bridgehead atoms. The van der Waals surface area contributed by atoms with Crippen molar-refractivity contribution in [2.75, 3.05) is 6.61 Å². The van der Waals surface area contributed by atoms with Crippen LogP contribution in [0.2, 0.25) is 0 Å². The van der Waals surface area contributed by atoms with Crippen molar-refractivity contribution in [1.82, 2.24) is 5.09 Å². The SMILES string of the molecule is O=C(O)CCC(NP(=O)(O)Cc1ccccc1)C1CCCO1. The van der Waals surface area contributed by atoms with E-state index in [1.807, 2.05) is 18.2 Å². The second kappa shape index (κ2) is 7.88. The third-order valence-electron chi connectivity index (χ3n) is 3.69. The zero-order chi connectivity index (χ0) is 16.0. The van der Waals surface area contributed by atoms with Gasteiger partial charge in [0.15, 0.2) is 0 Å². The van der Waals surface area contributed by atoms with E-state index in [1.54, 1.807) is 12.1 Å². The molecule has 1 aliphatic heterocycles. The predicted octanol–water partition coefficient (Wildman–Crippen LogP) is 2.37. The van der Waals surface area contributed by atoms with Gasteiger partial charge in [-0.3, -0.25) is 9.36 Å². The fourth-order valence-corrected chi connectivity index (χ4v) is 4.28. The van der Waals surface area contributed by atoms with Gasteiger partial charge in [-0.1, -0.05) is 30.3 Å². The summed E-state index contributed by atoms with van der Waals surface area (Å²) >= 11 is 0. The van der Waals surface area contributed by atoms with Crippen LogP contribution in [0.3, 0.4) is 0 Å². The number of carboxylic acids is 1. The van der Waals surface area contributed by atoms with Crippen molar-refractivity contribution < 1.29 is 24.1 Å². The number of aliphatic carboxylic acids is 1. The Labute approximate surface area is 130 Å². The van der Waals surface area contributed by atoms with Crippen molar-refractivity contribution >= 4 is 13.5 Å². The number of ether oxygens (including phenoxy) is 1. The molecule has 1 fully saturated rings. The van der Waals surface area contributed by atoms with Crippen LogP contribution in [0.15, 0.2) is 30.3 Å². The maximum Gasteiger partial charge on any atom is 0.303 e. The third kappa shape index (κ3) is 5.54. The summed E-state index contributed by atoms with van der Waals surface area (Å²) < 4.78 is 18.0. The first-order chi connectivity index (χ1) is 10.5. The summed E-state index contributed by atoms with van der Waals surface area (Å²) in [6.45, 7) is 0.615. The third-order valence-corrected chi connectivity index (χ3v) is 5.22. The molecular formula is C15H22NO5P. The molecule has 3 N–H and O–H groups in total. The molecule has 1 aromatic carbocycles. The van der Waals surface area contributed by atoms with E-state index in [1.165, 1.54) is 0 Å². The van der Waals surface area contributed by atoms with Crippen molar-refractivity contribution in [3.8, 4) is 0 Å². The van der Waals surface area contributed by atoms with Crippen LogP contribution in [0.5, 0.6) is 0 Å². The molecule has 0 amide bonds. The lowest BCUT2D eigenvalue weighted by Crippen LogP contribution is -2.38. The summed E-state index contributed by atoms with van der Waals surface area (Å²) in [7, 11) is -3.61. The highest BCUT2D eigenvalue weighted by Gasteiger charge is 2.31. The maximum atomic E-state index is 12.4. The molecule has 7 heteroatoms. The molecule has 1 saturated heterocycles. The molecule has 122 valence electrons. The summed E-state index contributed by atoms with van der Waals surface area (Å²) in [5, 5.41) is 11.6. The van der Waals surface area contributed by atoms with Crippen molar-refractivity contribution in [3.63, 3.8) is 0 Å². The Balaban J connectivity index is 2.00. The van der Waals surface area contributed by atoms with E-state index in [9.17, 15) is 14.3 Å². The first kappa shape index (κ1) is 17.2. The molecule has 1 aliphatic rings. The first-order valence-electron chi connectivity index (χ1n) is 7.43. The molecule has 1 aromatic rings. The van der Waals surface area contributed by atoms with Crippen LogP contribution in [-0.2, 0) is 20.3 Å². The molecule has 0 spiro atoms. The van der Waals surface area contributed by atoms with E-state index in [4.69, 9.17) is 9.84 Å². The van der Waals surface area contributed by atoms with Gasteiger partial charge in [-0.2, -0.15) is 0 Å². The molecule has 22 heavy (non-hydrogen) atoms. The van der Waals surface area contributed by atoms with E-state index >= 15 is 0 Å². The zero-order valence-corrected chi connectivity index (χ0v) is 13.2. The highest BCUT2D eigenvalue weighted by atomic mass is 31.2. The fraction of sp³-hybridized carbons (Fsp3) is 0.533. The van der Waals surface area contributed by atoms with E-state index in [0.29, 0.717) is 6.61 Å². The van der Waals surface area contributed by atoms with Crippen molar-refractivity contribution in [1.29, 1.82) is 0 Å². The van der Waals surface area contributed by atoms with Gasteiger partial charge in [0.1, 0.15) is 0 Å². The van der Waals surface area contributed by atoms with Crippen molar-refractivity contribution in [3.05, 3.63) is 35.9 Å². The minimum atomic E-state index is -3.61. The quantitative estimate of drug-likeness (QED) is 0.635. The Kier molecular flexibility index (Phi) is 6.15. The van der Waals surface area contributed by atoms with Gasteiger partial charge in [-0.25, -0.2) is 5.09 Å². The van der Waals surface area contributed by atoms with E-state index in [0.717, 1.165) is 18.4 Å². The van der Waals surface area contributed by atoms with Gasteiger partial charge < -0.3 is 14.7 Å². The number of benzene rings is 1. The lowest BCUT2D eigenvalue weighted by Gasteiger charge is -2.26. The number of nitrogens with one attached hydrogen (secondary N) is 1. The van der Waals surface area contributed by atoms with Crippen LogP contribution in [0.1, 0.15) is 31.2 Å². The van der Waals surface area contributed by atoms with Crippen molar-refractivity contribution in [2.24, 2.45) is 0 Å². The zero-order valence-electron chi connectivity index (χ0n) is 12.4. The standard InChI is InChI=1S/C15H22NO5P/c17-15(18)9-8-13(14-7-4-10-21-14)16-22(19,20)11-12-5-2-1-3-6-12/h1-3,5-6,13-14H,4,7-11H2,(H,17,18)(H2,16,19,20). The van der Waals surface area contributed by atoms with E-state index < -0.39 is 19.5 Å². The molecule has 0 saturated carbocycles. The smallest absolute Gasteiger partial charge is 0.303 e. The molecule has 6 nitrogen and oxygen atoms in total. The Morgan fingerprint density at radius 3 is 2.73 bits per heavy atom. The Morgan fingerprint density at radius 2 is 2.14 bits per heavy atom. The minimum Gasteiger partial charge on any atom is -0.481 e. The van der Waals surface area contributed by atoms with Crippen LogP contribution in [0.4, 0.5) is 0 Å². The second-order valence-corrected chi connectivity index (χ2v) is 7.54. The second-order valence-electron chi connectivity index (χ2n) is 5.56. The number of carbonyl (C=O) groups is 1. The van der Waals surface area contributed by atoms with Gasteiger partial charge in [-0.15, -0.1) is 0 Å². The maximum absolute atomic E-state index is 12.4. The fourth-order valence-electron chi connectivity index (χ4n) is 2.67. The van der Waals surface area contributed by atoms with Gasteiger partial charge in [0.25, 0.3) is 7.52 Å².